The van der Waals surface area contributed by atoms with Crippen molar-refractivity contribution in [2.45, 2.75) is 13.8 Å². The first-order chi connectivity index (χ1) is 15.4. The van der Waals surface area contributed by atoms with E-state index in [0.29, 0.717) is 21.6 Å². The minimum absolute atomic E-state index is 0.146. The highest BCUT2D eigenvalue weighted by Crippen LogP contribution is 2.36. The summed E-state index contributed by atoms with van der Waals surface area (Å²) < 4.78 is 6.28. The molecule has 7 nitrogen and oxygen atoms in total. The van der Waals surface area contributed by atoms with Gasteiger partial charge in [0.25, 0.3) is 5.78 Å². The van der Waals surface area contributed by atoms with E-state index in [2.05, 4.69) is 5.27 Å². The van der Waals surface area contributed by atoms with E-state index in [1.54, 1.807) is 12.1 Å². The van der Waals surface area contributed by atoms with Gasteiger partial charge < -0.3 is 5.73 Å². The number of anilines is 1. The summed E-state index contributed by atoms with van der Waals surface area (Å²) >= 11 is 1.17. The van der Waals surface area contributed by atoms with Crippen LogP contribution < -0.4 is 16.0 Å². The molecule has 5 aromatic rings. The Labute approximate surface area is 186 Å². The lowest BCUT2D eigenvalue weighted by Gasteiger charge is -2.05. The average Bonchev–Trinajstić information content (AvgIpc) is 3.34. The third-order valence-electron chi connectivity index (χ3n) is 5.32. The highest BCUT2D eigenvalue weighted by atomic mass is 32.1. The normalized spacial score (nSPS) is 11.2. The van der Waals surface area contributed by atoms with E-state index < -0.39 is 11.4 Å². The summed E-state index contributed by atoms with van der Waals surface area (Å²) in [5.74, 6) is -0.514. The number of nitrogens with one attached hydrogen (secondary N) is 1. The number of carbonyl (C=O) groups excluding carboxylic acids is 1. The van der Waals surface area contributed by atoms with E-state index in [4.69, 9.17) is 15.2 Å². The molecule has 0 aliphatic heterocycles. The molecule has 0 unspecified atom stereocenters. The van der Waals surface area contributed by atoms with Crippen LogP contribution in [0.25, 0.3) is 27.2 Å². The van der Waals surface area contributed by atoms with Gasteiger partial charge in [-0.15, -0.1) is 11.3 Å². The Balaban J connectivity index is 1.64. The number of nitrogens with two attached hydrogens (primary N) is 1. The summed E-state index contributed by atoms with van der Waals surface area (Å²) in [6.07, 6.45) is 0. The molecule has 5 rings (SSSR count). The summed E-state index contributed by atoms with van der Waals surface area (Å²) in [5.41, 5.74) is 10.2. The lowest BCUT2D eigenvalue weighted by Crippen LogP contribution is -2.41. The van der Waals surface area contributed by atoms with Gasteiger partial charge in [-0.1, -0.05) is 48.0 Å². The van der Waals surface area contributed by atoms with Crippen LogP contribution in [-0.2, 0) is 0 Å². The number of H-pyrrole nitrogens is 1. The minimum atomic E-state index is -0.762. The smallest absolute Gasteiger partial charge is 0.397 e. The first kappa shape index (κ1) is 19.9. The van der Waals surface area contributed by atoms with Crippen molar-refractivity contribution in [3.8, 4) is 16.9 Å². The van der Waals surface area contributed by atoms with E-state index in [1.165, 1.54) is 16.0 Å². The average molecular weight is 444 g/mol. The maximum Gasteiger partial charge on any atom is 0.439 e. The number of hydrogen-bond donors (Lipinski definition) is 2. The Morgan fingerprint density at radius 2 is 1.81 bits per heavy atom. The summed E-state index contributed by atoms with van der Waals surface area (Å²) in [6.45, 7) is 3.91. The fourth-order valence-corrected chi connectivity index (χ4v) is 4.67. The Morgan fingerprint density at radius 1 is 1.09 bits per heavy atom. The molecular weight excluding hydrogens is 424 g/mol. The first-order valence-corrected chi connectivity index (χ1v) is 10.8. The van der Waals surface area contributed by atoms with E-state index in [-0.39, 0.29) is 10.6 Å². The summed E-state index contributed by atoms with van der Waals surface area (Å²) in [4.78, 5) is 31.5. The van der Waals surface area contributed by atoms with Crippen molar-refractivity contribution >= 4 is 33.0 Å². The number of aryl methyl sites for hydroxylation is 2. The second kappa shape index (κ2) is 7.58. The summed E-state index contributed by atoms with van der Waals surface area (Å²) in [7, 11) is 0. The quantitative estimate of drug-likeness (QED) is 0.323. The van der Waals surface area contributed by atoms with Gasteiger partial charge in [0.15, 0.2) is 0 Å². The molecule has 3 N–H and O–H groups in total. The van der Waals surface area contributed by atoms with Gasteiger partial charge in [0, 0.05) is 23.1 Å². The van der Waals surface area contributed by atoms with Crippen molar-refractivity contribution in [3.05, 3.63) is 92.8 Å². The lowest BCUT2D eigenvalue weighted by molar-refractivity contribution is -0.672. The number of rotatable bonds is 4. The monoisotopic (exact) mass is 443 g/mol. The number of nitrogen functional groups attached to an aromatic ring is 1. The standard InChI is InChI=1S/C24H18N4O3S/c1-13-8-10-16(11-9-13)28-20(24(30)31-27-28)21(29)22-18(25)17-12-14(2)19(26-23(17)32-22)15-6-4-3-5-7-15/h3-12H,1-2H3,(H2-,25,27,29,30)/p+1. The highest BCUT2D eigenvalue weighted by Gasteiger charge is 2.34. The number of aromatic amines is 1. The third-order valence-corrected chi connectivity index (χ3v) is 6.43. The third kappa shape index (κ3) is 3.21. The number of ketones is 1. The van der Waals surface area contributed by atoms with Crippen LogP contribution in [0.5, 0.6) is 0 Å². The van der Waals surface area contributed by atoms with Crippen LogP contribution in [0.3, 0.4) is 0 Å². The molecule has 32 heavy (non-hydrogen) atoms. The van der Waals surface area contributed by atoms with E-state index >= 15 is 0 Å². The second-order valence-electron chi connectivity index (χ2n) is 7.55. The molecule has 0 bridgehead atoms. The van der Waals surface area contributed by atoms with Gasteiger partial charge in [-0.05, 0) is 35.4 Å². The van der Waals surface area contributed by atoms with Crippen molar-refractivity contribution < 1.29 is 14.0 Å². The molecule has 0 aliphatic rings. The molecule has 0 fully saturated rings. The van der Waals surface area contributed by atoms with Crippen molar-refractivity contribution in [3.63, 3.8) is 0 Å². The van der Waals surface area contributed by atoms with Gasteiger partial charge in [0.1, 0.15) is 9.71 Å². The lowest BCUT2D eigenvalue weighted by atomic mass is 10.1. The number of fused-ring (bicyclic) bond motifs is 1. The van der Waals surface area contributed by atoms with Gasteiger partial charge in [0.05, 0.1) is 11.4 Å². The SMILES string of the molecule is Cc1ccc(-[n+]2[nH]oc(=O)c2C(=O)c2sc3nc(-c4ccccc4)c(C)cc3c2N)cc1. The number of pyridine rings is 1. The molecule has 0 aliphatic carbocycles. The van der Waals surface area contributed by atoms with Crippen LogP contribution in [0.2, 0.25) is 0 Å². The Morgan fingerprint density at radius 3 is 2.53 bits per heavy atom. The van der Waals surface area contributed by atoms with Crippen molar-refractivity contribution in [1.82, 2.24) is 10.3 Å². The second-order valence-corrected chi connectivity index (χ2v) is 8.55. The van der Waals surface area contributed by atoms with Crippen LogP contribution in [0.4, 0.5) is 5.69 Å². The summed E-state index contributed by atoms with van der Waals surface area (Å²) in [6, 6.07) is 19.1. The van der Waals surface area contributed by atoms with Gasteiger partial charge in [-0.2, -0.15) is 0 Å². The zero-order valence-electron chi connectivity index (χ0n) is 17.4. The largest absolute Gasteiger partial charge is 0.439 e. The van der Waals surface area contributed by atoms with E-state index in [9.17, 15) is 9.59 Å². The molecule has 0 saturated carbocycles. The maximum atomic E-state index is 13.4. The van der Waals surface area contributed by atoms with Crippen molar-refractivity contribution in [1.29, 1.82) is 0 Å². The fourth-order valence-electron chi connectivity index (χ4n) is 3.65. The topological polar surface area (TPSA) is 106 Å². The zero-order chi connectivity index (χ0) is 22.4. The van der Waals surface area contributed by atoms with E-state index in [1.807, 2.05) is 62.4 Å². The molecule has 0 atom stereocenters. The Bertz CT molecular complexity index is 1530. The van der Waals surface area contributed by atoms with Crippen molar-refractivity contribution in [2.75, 3.05) is 5.73 Å². The van der Waals surface area contributed by atoms with Gasteiger partial charge >= 0.3 is 11.3 Å². The molecule has 0 saturated heterocycles. The Kier molecular flexibility index (Phi) is 4.71. The number of carbonyl (C=O) groups is 1. The van der Waals surface area contributed by atoms with Gasteiger partial charge in [-0.3, -0.25) is 9.32 Å². The molecule has 3 heterocycles. The van der Waals surface area contributed by atoms with Crippen LogP contribution in [0, 0.1) is 13.8 Å². The number of thiophene rings is 1. The highest BCUT2D eigenvalue weighted by molar-refractivity contribution is 7.21. The van der Waals surface area contributed by atoms with Crippen LogP contribution in [0.15, 0.2) is 70.0 Å². The number of aromatic nitrogens is 3. The molecule has 0 amide bonds. The minimum Gasteiger partial charge on any atom is -0.397 e. The first-order valence-electron chi connectivity index (χ1n) is 9.94. The van der Waals surface area contributed by atoms with Gasteiger partial charge in [-0.25, -0.2) is 9.78 Å². The predicted molar refractivity (Wildman–Crippen MR) is 123 cm³/mol. The molecule has 3 aromatic heterocycles. The van der Waals surface area contributed by atoms with Crippen LogP contribution >= 0.6 is 11.3 Å². The predicted octanol–water partition coefficient (Wildman–Crippen LogP) is 3.95. The number of benzene rings is 2. The summed E-state index contributed by atoms with van der Waals surface area (Å²) in [5, 5.41) is 3.20. The van der Waals surface area contributed by atoms with Crippen LogP contribution in [-0.4, -0.2) is 16.0 Å². The molecule has 0 spiro atoms. The molecule has 0 radical (unpaired) electrons. The molecular formula is C24H19N4O3S+. The van der Waals surface area contributed by atoms with Gasteiger partial charge in [0.2, 0.25) is 5.69 Å². The molecule has 2 aromatic carbocycles. The van der Waals surface area contributed by atoms with Crippen molar-refractivity contribution in [2.24, 2.45) is 0 Å². The fraction of sp³-hybridized carbons (Fsp3) is 0.0833. The van der Waals surface area contributed by atoms with Crippen LogP contribution in [0.1, 0.15) is 26.5 Å². The number of hydrogen-bond acceptors (Lipinski definition) is 6. The maximum absolute atomic E-state index is 13.4. The Hall–Kier alpha value is -4.04. The zero-order valence-corrected chi connectivity index (χ0v) is 18.2. The molecule has 8 heteroatoms. The molecule has 158 valence electrons. The van der Waals surface area contributed by atoms with E-state index in [0.717, 1.165) is 22.4 Å². The number of nitrogens with zero attached hydrogens (tertiary/aromatic N) is 2.